The maximum atomic E-state index is 12.1. The summed E-state index contributed by atoms with van der Waals surface area (Å²) in [5.74, 6) is -0.116. The first-order valence-electron chi connectivity index (χ1n) is 5.97. The zero-order valence-electron chi connectivity index (χ0n) is 10.5. The van der Waals surface area contributed by atoms with E-state index in [9.17, 15) is 9.59 Å². The van der Waals surface area contributed by atoms with E-state index >= 15 is 0 Å². The zero-order chi connectivity index (χ0) is 12.6. The number of hydrogen-bond acceptors (Lipinski definition) is 4. The van der Waals surface area contributed by atoms with Crippen LogP contribution in [0.3, 0.4) is 0 Å². The van der Waals surface area contributed by atoms with Crippen molar-refractivity contribution in [2.75, 3.05) is 13.2 Å². The number of morpholine rings is 1. The van der Waals surface area contributed by atoms with Crippen molar-refractivity contribution >= 4 is 12.4 Å². The van der Waals surface area contributed by atoms with Crippen molar-refractivity contribution in [3.63, 3.8) is 0 Å². The third kappa shape index (κ3) is 2.44. The van der Waals surface area contributed by atoms with Gasteiger partial charge < -0.3 is 14.3 Å². The van der Waals surface area contributed by atoms with Crippen molar-refractivity contribution in [2.45, 2.75) is 44.9 Å². The first-order chi connectivity index (χ1) is 7.92. The molecular formula is C12H19NO4. The van der Waals surface area contributed by atoms with Crippen molar-refractivity contribution in [1.82, 2.24) is 4.90 Å². The van der Waals surface area contributed by atoms with Crippen LogP contribution in [0.25, 0.3) is 0 Å². The highest BCUT2D eigenvalue weighted by Crippen LogP contribution is 2.33. The van der Waals surface area contributed by atoms with Crippen molar-refractivity contribution in [1.29, 1.82) is 0 Å². The lowest BCUT2D eigenvalue weighted by atomic mass is 10.0. The van der Waals surface area contributed by atoms with Gasteiger partial charge in [0.15, 0.2) is 0 Å². The predicted octanol–water partition coefficient (Wildman–Crippen LogP) is 1.21. The van der Waals surface area contributed by atoms with Crippen LogP contribution < -0.4 is 0 Å². The second-order valence-electron chi connectivity index (χ2n) is 5.68. The number of amides is 1. The number of carbonyl (C=O) groups is 2. The van der Waals surface area contributed by atoms with Gasteiger partial charge in [0, 0.05) is 5.92 Å². The molecule has 1 amide bonds. The van der Waals surface area contributed by atoms with E-state index in [1.807, 2.05) is 20.8 Å². The number of rotatable bonds is 1. The summed E-state index contributed by atoms with van der Waals surface area (Å²) in [6, 6.07) is -0.167. The van der Waals surface area contributed by atoms with E-state index < -0.39 is 5.60 Å². The first-order valence-corrected chi connectivity index (χ1v) is 5.97. The molecule has 3 atom stereocenters. The Morgan fingerprint density at radius 2 is 2.12 bits per heavy atom. The van der Waals surface area contributed by atoms with Crippen LogP contribution in [-0.2, 0) is 14.3 Å². The molecule has 0 aliphatic carbocycles. The molecule has 0 aromatic heterocycles. The van der Waals surface area contributed by atoms with Gasteiger partial charge in [-0.25, -0.2) is 4.79 Å². The molecule has 0 spiro atoms. The van der Waals surface area contributed by atoms with Gasteiger partial charge in [-0.2, -0.15) is 0 Å². The van der Waals surface area contributed by atoms with Gasteiger partial charge in [-0.3, -0.25) is 4.90 Å². The van der Waals surface area contributed by atoms with Gasteiger partial charge in [-0.15, -0.1) is 0 Å². The molecule has 0 N–H and O–H groups in total. The SMILES string of the molecule is CC(C)(C)OC(=O)N1C2COCC1C(C=O)C2. The van der Waals surface area contributed by atoms with Crippen LogP contribution in [0.2, 0.25) is 0 Å². The summed E-state index contributed by atoms with van der Waals surface area (Å²) in [7, 11) is 0. The van der Waals surface area contributed by atoms with Gasteiger partial charge in [-0.1, -0.05) is 0 Å². The minimum atomic E-state index is -0.508. The van der Waals surface area contributed by atoms with Gasteiger partial charge in [0.2, 0.25) is 0 Å². The Kier molecular flexibility index (Phi) is 3.12. The highest BCUT2D eigenvalue weighted by Gasteiger charge is 2.48. The normalized spacial score (nSPS) is 32.4. The van der Waals surface area contributed by atoms with Gasteiger partial charge in [0.05, 0.1) is 25.3 Å². The van der Waals surface area contributed by atoms with Crippen molar-refractivity contribution in [2.24, 2.45) is 5.92 Å². The number of nitrogens with zero attached hydrogens (tertiary/aromatic N) is 1. The van der Waals surface area contributed by atoms with Crippen LogP contribution in [0.15, 0.2) is 0 Å². The summed E-state index contributed by atoms with van der Waals surface area (Å²) in [5, 5.41) is 0. The van der Waals surface area contributed by atoms with Crippen LogP contribution in [0, 0.1) is 5.92 Å². The second kappa shape index (κ2) is 4.29. The molecule has 0 saturated carbocycles. The molecule has 0 aromatic rings. The predicted molar refractivity (Wildman–Crippen MR) is 60.6 cm³/mol. The van der Waals surface area contributed by atoms with Crippen molar-refractivity contribution in [3.8, 4) is 0 Å². The van der Waals surface area contributed by atoms with Crippen LogP contribution in [0.1, 0.15) is 27.2 Å². The standard InChI is InChI=1S/C12H19NO4/c1-12(2,3)17-11(15)13-9-4-8(5-14)10(13)7-16-6-9/h5,8-10H,4,6-7H2,1-3H3. The smallest absolute Gasteiger partial charge is 0.410 e. The molecule has 96 valence electrons. The number of carbonyl (C=O) groups excluding carboxylic acids is 2. The summed E-state index contributed by atoms with van der Waals surface area (Å²) in [5.41, 5.74) is -0.508. The van der Waals surface area contributed by atoms with E-state index in [1.54, 1.807) is 4.90 Å². The molecule has 3 unspecified atom stereocenters. The lowest BCUT2D eigenvalue weighted by molar-refractivity contribution is -0.112. The summed E-state index contributed by atoms with van der Waals surface area (Å²) < 4.78 is 10.8. The topological polar surface area (TPSA) is 55.8 Å². The summed E-state index contributed by atoms with van der Waals surface area (Å²) in [6.07, 6.45) is 1.28. The number of aldehydes is 1. The van der Waals surface area contributed by atoms with Crippen LogP contribution in [-0.4, -0.2) is 48.2 Å². The Labute approximate surface area is 101 Å². The van der Waals surface area contributed by atoms with E-state index in [-0.39, 0.29) is 24.1 Å². The number of hydrogen-bond donors (Lipinski definition) is 0. The molecular weight excluding hydrogens is 222 g/mol. The minimum Gasteiger partial charge on any atom is -0.444 e. The largest absolute Gasteiger partial charge is 0.444 e. The maximum Gasteiger partial charge on any atom is 0.410 e. The number of fused-ring (bicyclic) bond motifs is 2. The lowest BCUT2D eigenvalue weighted by Crippen LogP contribution is -2.51. The van der Waals surface area contributed by atoms with Crippen LogP contribution >= 0.6 is 0 Å². The molecule has 2 saturated heterocycles. The Balaban J connectivity index is 2.11. The molecule has 0 aromatic carbocycles. The molecule has 2 fully saturated rings. The molecule has 2 rings (SSSR count). The molecule has 5 heteroatoms. The van der Waals surface area contributed by atoms with Gasteiger partial charge >= 0.3 is 6.09 Å². The highest BCUT2D eigenvalue weighted by atomic mass is 16.6. The molecule has 0 radical (unpaired) electrons. The zero-order valence-corrected chi connectivity index (χ0v) is 10.5. The van der Waals surface area contributed by atoms with Gasteiger partial charge in [-0.05, 0) is 27.2 Å². The summed E-state index contributed by atoms with van der Waals surface area (Å²) in [6.45, 7) is 6.44. The Morgan fingerprint density at radius 3 is 2.71 bits per heavy atom. The Bertz CT molecular complexity index is 323. The van der Waals surface area contributed by atoms with E-state index in [1.165, 1.54) is 0 Å². The molecule has 2 aliphatic heterocycles. The Hall–Kier alpha value is -1.10. The molecule has 5 nitrogen and oxygen atoms in total. The molecule has 2 aliphatic rings. The minimum absolute atomic E-state index is 0.0150. The van der Waals surface area contributed by atoms with Crippen molar-refractivity contribution in [3.05, 3.63) is 0 Å². The summed E-state index contributed by atoms with van der Waals surface area (Å²) >= 11 is 0. The van der Waals surface area contributed by atoms with Gasteiger partial charge in [0.1, 0.15) is 11.9 Å². The Morgan fingerprint density at radius 1 is 1.41 bits per heavy atom. The molecule has 2 heterocycles. The quantitative estimate of drug-likeness (QED) is 0.647. The molecule has 2 bridgehead atoms. The average Bonchev–Trinajstić information content (AvgIpc) is 2.43. The fourth-order valence-corrected chi connectivity index (χ4v) is 2.48. The average molecular weight is 241 g/mol. The van der Waals surface area contributed by atoms with E-state index in [0.29, 0.717) is 19.6 Å². The maximum absolute atomic E-state index is 12.1. The third-order valence-corrected chi connectivity index (χ3v) is 3.17. The van der Waals surface area contributed by atoms with E-state index in [4.69, 9.17) is 9.47 Å². The van der Waals surface area contributed by atoms with E-state index in [2.05, 4.69) is 0 Å². The van der Waals surface area contributed by atoms with E-state index in [0.717, 1.165) is 6.29 Å². The fourth-order valence-electron chi connectivity index (χ4n) is 2.48. The molecule has 17 heavy (non-hydrogen) atoms. The fraction of sp³-hybridized carbons (Fsp3) is 0.833. The van der Waals surface area contributed by atoms with Crippen LogP contribution in [0.4, 0.5) is 4.79 Å². The van der Waals surface area contributed by atoms with Crippen LogP contribution in [0.5, 0.6) is 0 Å². The van der Waals surface area contributed by atoms with Crippen molar-refractivity contribution < 1.29 is 19.1 Å². The first kappa shape index (κ1) is 12.4. The number of ether oxygens (including phenoxy) is 2. The third-order valence-electron chi connectivity index (χ3n) is 3.17. The van der Waals surface area contributed by atoms with Gasteiger partial charge in [0.25, 0.3) is 0 Å². The monoisotopic (exact) mass is 241 g/mol. The lowest BCUT2D eigenvalue weighted by Gasteiger charge is -2.36. The summed E-state index contributed by atoms with van der Waals surface area (Å²) in [4.78, 5) is 24.7. The highest BCUT2D eigenvalue weighted by molar-refractivity contribution is 5.71. The second-order valence-corrected chi connectivity index (χ2v) is 5.68.